The van der Waals surface area contributed by atoms with Gasteiger partial charge in [-0.1, -0.05) is 59.6 Å². The number of sulfonamides is 1. The molecule has 236 valence electrons. The van der Waals surface area contributed by atoms with Crippen LogP contribution >= 0.6 is 23.2 Å². The van der Waals surface area contributed by atoms with Crippen molar-refractivity contribution >= 4 is 50.7 Å². The van der Waals surface area contributed by atoms with E-state index in [9.17, 15) is 22.4 Å². The second kappa shape index (κ2) is 15.2. The summed E-state index contributed by atoms with van der Waals surface area (Å²) in [7, 11) is -2.92. The Hall–Kier alpha value is -4.12. The summed E-state index contributed by atoms with van der Waals surface area (Å²) < 4.78 is 48.4. The van der Waals surface area contributed by atoms with Crippen LogP contribution in [0.4, 0.5) is 10.1 Å². The molecule has 0 fully saturated rings. The monoisotopic (exact) mass is 671 g/mol. The van der Waals surface area contributed by atoms with Crippen LogP contribution in [0.2, 0.25) is 10.0 Å². The maximum absolute atomic E-state index is 14.3. The zero-order chi connectivity index (χ0) is 32.6. The van der Waals surface area contributed by atoms with Gasteiger partial charge in [0.1, 0.15) is 24.2 Å². The predicted octanol–water partition coefficient (Wildman–Crippen LogP) is 6.11. The number of hydrogen-bond donors (Lipinski definition) is 1. The fraction of sp³-hybridized carbons (Fsp3) is 0.212. The molecule has 0 aromatic heterocycles. The van der Waals surface area contributed by atoms with Crippen LogP contribution < -0.4 is 14.4 Å². The van der Waals surface area contributed by atoms with Crippen molar-refractivity contribution in [2.75, 3.05) is 24.5 Å². The molecule has 8 nitrogen and oxygen atoms in total. The lowest BCUT2D eigenvalue weighted by Gasteiger charge is -2.34. The molecule has 4 rings (SSSR count). The first-order valence-electron chi connectivity index (χ1n) is 14.0. The molecule has 0 aliphatic heterocycles. The SMILES string of the molecule is CCOc1ccc(S(=O)(=O)N(CC(=O)N(Cc2c(Cl)cccc2Cl)C(Cc2ccccc2)C(=O)NC)c2ccc(F)cc2)cc1. The third kappa shape index (κ3) is 8.33. The van der Waals surface area contributed by atoms with E-state index in [0.717, 1.165) is 22.0 Å². The second-order valence-electron chi connectivity index (χ2n) is 9.93. The normalized spacial score (nSPS) is 11.8. The van der Waals surface area contributed by atoms with Crippen molar-refractivity contribution in [3.05, 3.63) is 124 Å². The minimum absolute atomic E-state index is 0.0499. The molecule has 1 N–H and O–H groups in total. The molecule has 1 unspecified atom stereocenters. The lowest BCUT2D eigenvalue weighted by Crippen LogP contribution is -2.53. The maximum atomic E-state index is 14.3. The third-order valence-corrected chi connectivity index (χ3v) is 9.52. The molecule has 0 saturated carbocycles. The average molecular weight is 673 g/mol. The van der Waals surface area contributed by atoms with Gasteiger partial charge in [-0.3, -0.25) is 13.9 Å². The van der Waals surface area contributed by atoms with Gasteiger partial charge in [-0.15, -0.1) is 0 Å². The summed E-state index contributed by atoms with van der Waals surface area (Å²) in [5.41, 5.74) is 1.21. The van der Waals surface area contributed by atoms with Crippen molar-refractivity contribution in [1.82, 2.24) is 10.2 Å². The molecule has 0 aliphatic rings. The van der Waals surface area contributed by atoms with Crippen molar-refractivity contribution in [1.29, 1.82) is 0 Å². The highest BCUT2D eigenvalue weighted by molar-refractivity contribution is 7.92. The van der Waals surface area contributed by atoms with E-state index in [-0.39, 0.29) is 33.6 Å². The smallest absolute Gasteiger partial charge is 0.264 e. The highest BCUT2D eigenvalue weighted by atomic mass is 35.5. The van der Waals surface area contributed by atoms with E-state index in [4.69, 9.17) is 27.9 Å². The molecule has 45 heavy (non-hydrogen) atoms. The zero-order valence-corrected chi connectivity index (χ0v) is 26.9. The highest BCUT2D eigenvalue weighted by Gasteiger charge is 2.35. The van der Waals surface area contributed by atoms with E-state index >= 15 is 0 Å². The largest absolute Gasteiger partial charge is 0.494 e. The van der Waals surface area contributed by atoms with Crippen molar-refractivity contribution in [2.24, 2.45) is 0 Å². The van der Waals surface area contributed by atoms with E-state index in [2.05, 4.69) is 5.32 Å². The van der Waals surface area contributed by atoms with Crippen molar-refractivity contribution in [3.8, 4) is 5.75 Å². The number of carbonyl (C=O) groups is 2. The van der Waals surface area contributed by atoms with Crippen LogP contribution in [0.15, 0.2) is 102 Å². The number of benzene rings is 4. The van der Waals surface area contributed by atoms with Gasteiger partial charge in [0, 0.05) is 35.6 Å². The topological polar surface area (TPSA) is 96.0 Å². The Balaban J connectivity index is 1.80. The predicted molar refractivity (Wildman–Crippen MR) is 174 cm³/mol. The molecule has 2 amide bonds. The van der Waals surface area contributed by atoms with Crippen LogP contribution in [0.3, 0.4) is 0 Å². The van der Waals surface area contributed by atoms with Gasteiger partial charge in [0.15, 0.2) is 0 Å². The molecule has 0 spiro atoms. The van der Waals surface area contributed by atoms with Gasteiger partial charge in [0.2, 0.25) is 11.8 Å². The molecule has 0 radical (unpaired) electrons. The summed E-state index contributed by atoms with van der Waals surface area (Å²) in [5, 5.41) is 3.16. The fourth-order valence-corrected chi connectivity index (χ4v) is 6.64. The minimum atomic E-state index is -4.37. The molecule has 1 atom stereocenters. The molecule has 4 aromatic carbocycles. The summed E-state index contributed by atoms with van der Waals surface area (Å²) in [6.07, 6.45) is 0.122. The number of halogens is 3. The molecule has 0 aliphatic carbocycles. The Morgan fingerprint density at radius 3 is 2.09 bits per heavy atom. The first-order chi connectivity index (χ1) is 21.5. The Bertz CT molecular complexity index is 1700. The Kier molecular flexibility index (Phi) is 11.4. The van der Waals surface area contributed by atoms with E-state index < -0.39 is 40.2 Å². The van der Waals surface area contributed by atoms with Gasteiger partial charge in [-0.2, -0.15) is 0 Å². The second-order valence-corrected chi connectivity index (χ2v) is 12.6. The molecular formula is C33H32Cl2FN3O5S. The summed E-state index contributed by atoms with van der Waals surface area (Å²) in [5.74, 6) is -1.30. The first-order valence-corrected chi connectivity index (χ1v) is 16.2. The van der Waals surface area contributed by atoms with Gasteiger partial charge < -0.3 is 15.0 Å². The number of ether oxygens (including phenoxy) is 1. The van der Waals surface area contributed by atoms with Crippen LogP contribution in [0.5, 0.6) is 5.75 Å². The van der Waals surface area contributed by atoms with Gasteiger partial charge in [-0.25, -0.2) is 12.8 Å². The number of carbonyl (C=O) groups excluding carboxylic acids is 2. The Morgan fingerprint density at radius 2 is 1.51 bits per heavy atom. The number of nitrogens with one attached hydrogen (secondary N) is 1. The van der Waals surface area contributed by atoms with E-state index in [1.54, 1.807) is 25.1 Å². The Labute approximate surface area is 272 Å². The summed E-state index contributed by atoms with van der Waals surface area (Å²) in [6, 6.07) is 23.4. The van der Waals surface area contributed by atoms with Gasteiger partial charge >= 0.3 is 0 Å². The lowest BCUT2D eigenvalue weighted by molar-refractivity contribution is -0.139. The highest BCUT2D eigenvalue weighted by Crippen LogP contribution is 2.29. The van der Waals surface area contributed by atoms with E-state index in [1.807, 2.05) is 30.3 Å². The van der Waals surface area contributed by atoms with Crippen LogP contribution in [0, 0.1) is 5.82 Å². The average Bonchev–Trinajstić information content (AvgIpc) is 3.03. The van der Waals surface area contributed by atoms with Crippen molar-refractivity contribution in [2.45, 2.75) is 30.8 Å². The van der Waals surface area contributed by atoms with Crippen LogP contribution in [0.1, 0.15) is 18.1 Å². The quantitative estimate of drug-likeness (QED) is 0.185. The number of anilines is 1. The van der Waals surface area contributed by atoms with E-state index in [0.29, 0.717) is 17.9 Å². The molecule has 4 aromatic rings. The number of rotatable bonds is 13. The number of hydrogen-bond acceptors (Lipinski definition) is 5. The number of nitrogens with zero attached hydrogens (tertiary/aromatic N) is 2. The standard InChI is InChI=1S/C33H32Cl2FN3O5S/c1-3-44-26-16-18-27(19-17-26)45(42,43)39(25-14-12-24(36)13-15-25)22-32(40)38(21-28-29(34)10-7-11-30(28)35)31(33(41)37-2)20-23-8-5-4-6-9-23/h4-19,31H,3,20-22H2,1-2H3,(H,37,41). The van der Waals surface area contributed by atoms with Crippen LogP contribution in [-0.2, 0) is 32.6 Å². The van der Waals surface area contributed by atoms with Gasteiger partial charge in [0.05, 0.1) is 17.2 Å². The Morgan fingerprint density at radius 1 is 0.889 bits per heavy atom. The molecule has 0 saturated heterocycles. The number of likely N-dealkylation sites (N-methyl/N-ethyl adjacent to an activating group) is 1. The summed E-state index contributed by atoms with van der Waals surface area (Å²) in [4.78, 5) is 28.9. The van der Waals surface area contributed by atoms with Crippen molar-refractivity contribution < 1.29 is 27.1 Å². The van der Waals surface area contributed by atoms with Gasteiger partial charge in [-0.05, 0) is 73.2 Å². The van der Waals surface area contributed by atoms with Crippen LogP contribution in [0.25, 0.3) is 0 Å². The number of amides is 2. The van der Waals surface area contributed by atoms with Crippen molar-refractivity contribution in [3.63, 3.8) is 0 Å². The third-order valence-electron chi connectivity index (χ3n) is 7.02. The molecule has 0 bridgehead atoms. The summed E-state index contributed by atoms with van der Waals surface area (Å²) in [6.45, 7) is 1.29. The fourth-order valence-electron chi connectivity index (χ4n) is 4.71. The van der Waals surface area contributed by atoms with Gasteiger partial charge in [0.25, 0.3) is 10.0 Å². The first kappa shape index (κ1) is 33.8. The lowest BCUT2D eigenvalue weighted by atomic mass is 10.0. The maximum Gasteiger partial charge on any atom is 0.264 e. The zero-order valence-electron chi connectivity index (χ0n) is 24.6. The summed E-state index contributed by atoms with van der Waals surface area (Å²) >= 11 is 13.0. The molecular weight excluding hydrogens is 640 g/mol. The van der Waals surface area contributed by atoms with E-state index in [1.165, 1.54) is 48.3 Å². The minimum Gasteiger partial charge on any atom is -0.494 e. The molecule has 12 heteroatoms. The molecule has 0 heterocycles. The van der Waals surface area contributed by atoms with Crippen LogP contribution in [-0.4, -0.2) is 51.4 Å².